The maximum absolute atomic E-state index is 5.22. The summed E-state index contributed by atoms with van der Waals surface area (Å²) in [4.78, 5) is 4.12. The molecular weight excluding hydrogens is 340 g/mol. The van der Waals surface area contributed by atoms with Crippen LogP contribution >= 0.6 is 15.9 Å². The van der Waals surface area contributed by atoms with Crippen molar-refractivity contribution in [2.24, 2.45) is 0 Å². The van der Waals surface area contributed by atoms with E-state index in [1.165, 1.54) is 28.8 Å². The van der Waals surface area contributed by atoms with Crippen molar-refractivity contribution in [2.75, 3.05) is 38.2 Å². The Morgan fingerprint density at radius 2 is 1.82 bits per heavy atom. The lowest BCUT2D eigenvalue weighted by atomic mass is 10.2. The Hall–Kier alpha value is -1.52. The van der Waals surface area contributed by atoms with E-state index < -0.39 is 0 Å². The quantitative estimate of drug-likeness (QED) is 0.900. The average molecular weight is 362 g/mol. The number of quaternary nitrogens is 1. The zero-order valence-electron chi connectivity index (χ0n) is 12.9. The minimum atomic E-state index is 0.919. The Labute approximate surface area is 140 Å². The highest BCUT2D eigenvalue weighted by Crippen LogP contribution is 2.19. The van der Waals surface area contributed by atoms with Crippen molar-refractivity contribution in [1.29, 1.82) is 0 Å². The molecule has 0 amide bonds. The fourth-order valence-corrected chi connectivity index (χ4v) is 3.43. The largest absolute Gasteiger partial charge is 0.497 e. The van der Waals surface area contributed by atoms with Gasteiger partial charge in [-0.25, -0.2) is 0 Å². The first-order valence-electron chi connectivity index (χ1n) is 7.71. The molecule has 0 spiro atoms. The third-order valence-electron chi connectivity index (χ3n) is 4.25. The fourth-order valence-electron chi connectivity index (χ4n) is 2.99. The maximum atomic E-state index is 5.22. The third kappa shape index (κ3) is 3.81. The van der Waals surface area contributed by atoms with Crippen LogP contribution in [0.2, 0.25) is 0 Å². The smallest absolute Gasteiger partial charge is 0.119 e. The predicted octanol–water partition coefficient (Wildman–Crippen LogP) is 2.36. The van der Waals surface area contributed by atoms with Crippen LogP contribution in [0.5, 0.6) is 5.75 Å². The van der Waals surface area contributed by atoms with Crippen LogP contribution in [0.1, 0.15) is 5.56 Å². The van der Waals surface area contributed by atoms with Crippen molar-refractivity contribution < 1.29 is 9.64 Å². The number of nitrogens with one attached hydrogen (secondary N) is 1. The second kappa shape index (κ2) is 7.16. The number of nitrogens with zero attached hydrogens (tertiary/aromatic N) is 1. The van der Waals surface area contributed by atoms with Crippen LogP contribution in [0, 0.1) is 0 Å². The van der Waals surface area contributed by atoms with E-state index in [0.717, 1.165) is 25.4 Å². The number of rotatable bonds is 4. The van der Waals surface area contributed by atoms with Gasteiger partial charge in [-0.15, -0.1) is 0 Å². The van der Waals surface area contributed by atoms with E-state index in [2.05, 4.69) is 57.2 Å². The number of piperazine rings is 1. The molecule has 1 aliphatic rings. The molecule has 3 rings (SSSR count). The molecule has 0 radical (unpaired) electrons. The summed E-state index contributed by atoms with van der Waals surface area (Å²) in [6.07, 6.45) is 0. The fraction of sp³-hybridized carbons (Fsp3) is 0.333. The summed E-state index contributed by atoms with van der Waals surface area (Å²) in [7, 11) is 1.71. The highest BCUT2D eigenvalue weighted by atomic mass is 79.9. The Kier molecular flexibility index (Phi) is 5.01. The topological polar surface area (TPSA) is 16.9 Å². The number of halogens is 1. The number of benzene rings is 2. The first-order chi connectivity index (χ1) is 10.7. The molecule has 0 bridgehead atoms. The standard InChI is InChI=1S/C18H21BrN2O/c1-22-18-7-5-17(6-8-18)21-11-9-20(10-12-21)14-15-3-2-4-16(19)13-15/h2-8,13H,9-12,14H2,1H3/p+1. The zero-order chi connectivity index (χ0) is 15.4. The Bertz CT molecular complexity index is 607. The van der Waals surface area contributed by atoms with Crippen LogP contribution in [0.25, 0.3) is 0 Å². The Morgan fingerprint density at radius 1 is 1.09 bits per heavy atom. The van der Waals surface area contributed by atoms with Gasteiger partial charge in [0, 0.05) is 15.7 Å². The van der Waals surface area contributed by atoms with Crippen molar-refractivity contribution in [3.8, 4) is 5.75 Å². The van der Waals surface area contributed by atoms with Crippen molar-refractivity contribution in [1.82, 2.24) is 0 Å². The first kappa shape index (κ1) is 15.4. The molecule has 22 heavy (non-hydrogen) atoms. The van der Waals surface area contributed by atoms with Gasteiger partial charge < -0.3 is 14.5 Å². The first-order valence-corrected chi connectivity index (χ1v) is 8.51. The van der Waals surface area contributed by atoms with Gasteiger partial charge in [0.1, 0.15) is 12.3 Å². The molecule has 116 valence electrons. The Balaban J connectivity index is 1.55. The van der Waals surface area contributed by atoms with Crippen molar-refractivity contribution in [3.63, 3.8) is 0 Å². The molecule has 1 saturated heterocycles. The van der Waals surface area contributed by atoms with Crippen LogP contribution in [-0.4, -0.2) is 33.3 Å². The van der Waals surface area contributed by atoms with E-state index in [0.29, 0.717) is 0 Å². The lowest BCUT2D eigenvalue weighted by Crippen LogP contribution is -3.13. The van der Waals surface area contributed by atoms with Gasteiger partial charge in [0.05, 0.1) is 33.3 Å². The van der Waals surface area contributed by atoms with Gasteiger partial charge in [-0.05, 0) is 36.4 Å². The van der Waals surface area contributed by atoms with Crippen LogP contribution < -0.4 is 14.5 Å². The Morgan fingerprint density at radius 3 is 2.45 bits per heavy atom. The molecule has 1 fully saturated rings. The molecule has 0 aliphatic carbocycles. The van der Waals surface area contributed by atoms with Gasteiger partial charge in [0.25, 0.3) is 0 Å². The molecule has 4 heteroatoms. The van der Waals surface area contributed by atoms with E-state index in [4.69, 9.17) is 4.74 Å². The van der Waals surface area contributed by atoms with Crippen LogP contribution in [0.15, 0.2) is 53.0 Å². The van der Waals surface area contributed by atoms with Crippen LogP contribution in [0.4, 0.5) is 5.69 Å². The van der Waals surface area contributed by atoms with Gasteiger partial charge in [-0.2, -0.15) is 0 Å². The zero-order valence-corrected chi connectivity index (χ0v) is 14.5. The van der Waals surface area contributed by atoms with Crippen molar-refractivity contribution in [2.45, 2.75) is 6.54 Å². The summed E-state index contributed by atoms with van der Waals surface area (Å²) >= 11 is 3.55. The van der Waals surface area contributed by atoms with Crippen LogP contribution in [-0.2, 0) is 6.54 Å². The second-order valence-corrected chi connectivity index (χ2v) is 6.66. The summed E-state index contributed by atoms with van der Waals surface area (Å²) in [5.74, 6) is 0.919. The van der Waals surface area contributed by atoms with Gasteiger partial charge in [0.2, 0.25) is 0 Å². The summed E-state index contributed by atoms with van der Waals surface area (Å²) in [5, 5.41) is 0. The molecule has 2 aromatic carbocycles. The summed E-state index contributed by atoms with van der Waals surface area (Å²) in [6, 6.07) is 17.0. The van der Waals surface area contributed by atoms with E-state index in [1.54, 1.807) is 12.0 Å². The second-order valence-electron chi connectivity index (χ2n) is 5.74. The molecule has 0 aromatic heterocycles. The van der Waals surface area contributed by atoms with Gasteiger partial charge >= 0.3 is 0 Å². The van der Waals surface area contributed by atoms with Crippen molar-refractivity contribution >= 4 is 21.6 Å². The van der Waals surface area contributed by atoms with E-state index in [1.807, 2.05) is 12.1 Å². The molecule has 1 heterocycles. The SMILES string of the molecule is COc1ccc(N2CC[NH+](Cc3cccc(Br)c3)CC2)cc1. The number of hydrogen-bond donors (Lipinski definition) is 1. The highest BCUT2D eigenvalue weighted by molar-refractivity contribution is 9.10. The minimum Gasteiger partial charge on any atom is -0.497 e. The molecule has 2 aromatic rings. The van der Waals surface area contributed by atoms with E-state index >= 15 is 0 Å². The number of anilines is 1. The number of methoxy groups -OCH3 is 1. The van der Waals surface area contributed by atoms with Gasteiger partial charge in [-0.3, -0.25) is 0 Å². The van der Waals surface area contributed by atoms with Gasteiger partial charge in [0.15, 0.2) is 0 Å². The average Bonchev–Trinajstić information content (AvgIpc) is 2.56. The van der Waals surface area contributed by atoms with Gasteiger partial charge in [-0.1, -0.05) is 28.1 Å². The minimum absolute atomic E-state index is 0.919. The molecular formula is C18H22BrN2O+. The molecule has 0 atom stereocenters. The molecule has 1 N–H and O–H groups in total. The number of ether oxygens (including phenoxy) is 1. The predicted molar refractivity (Wildman–Crippen MR) is 93.7 cm³/mol. The normalized spacial score (nSPS) is 15.8. The molecule has 0 unspecified atom stereocenters. The van der Waals surface area contributed by atoms with E-state index in [9.17, 15) is 0 Å². The highest BCUT2D eigenvalue weighted by Gasteiger charge is 2.20. The summed E-state index contributed by atoms with van der Waals surface area (Å²) in [6.45, 7) is 5.68. The monoisotopic (exact) mass is 361 g/mol. The number of hydrogen-bond acceptors (Lipinski definition) is 2. The maximum Gasteiger partial charge on any atom is 0.119 e. The van der Waals surface area contributed by atoms with Crippen LogP contribution in [0.3, 0.4) is 0 Å². The molecule has 3 nitrogen and oxygen atoms in total. The van der Waals surface area contributed by atoms with E-state index in [-0.39, 0.29) is 0 Å². The summed E-state index contributed by atoms with van der Waals surface area (Å²) < 4.78 is 6.39. The van der Waals surface area contributed by atoms with Crippen molar-refractivity contribution in [3.05, 3.63) is 58.6 Å². The molecule has 1 aliphatic heterocycles. The third-order valence-corrected chi connectivity index (χ3v) is 4.74. The lowest BCUT2D eigenvalue weighted by molar-refractivity contribution is -0.914. The molecule has 0 saturated carbocycles. The summed E-state index contributed by atoms with van der Waals surface area (Å²) in [5.41, 5.74) is 2.70. The lowest BCUT2D eigenvalue weighted by Gasteiger charge is -2.33.